The summed E-state index contributed by atoms with van der Waals surface area (Å²) in [5.74, 6) is 1.63. The summed E-state index contributed by atoms with van der Waals surface area (Å²) in [6.45, 7) is 3.43. The maximum Gasteiger partial charge on any atom is 0.261 e. The first-order chi connectivity index (χ1) is 13.4. The molecule has 0 spiro atoms. The number of rotatable bonds is 9. The molecule has 2 aromatic carbocycles. The van der Waals surface area contributed by atoms with Crippen molar-refractivity contribution in [1.29, 1.82) is 0 Å². The standard InChI is InChI=1S/C21H25NO6/c1-13(23)16-7-9-18(20(11-16)27-5)28-14(2)21(24)22-12-15-6-8-17(25-3)19(10-15)26-4/h6-11,14H,12H2,1-5H3,(H,22,24)/t14-/m1/s1. The van der Waals surface area contributed by atoms with Crippen molar-refractivity contribution in [2.75, 3.05) is 21.3 Å². The van der Waals surface area contributed by atoms with Crippen LogP contribution in [-0.2, 0) is 11.3 Å². The number of nitrogens with one attached hydrogen (secondary N) is 1. The van der Waals surface area contributed by atoms with Crippen LogP contribution >= 0.6 is 0 Å². The monoisotopic (exact) mass is 387 g/mol. The second-order valence-corrected chi connectivity index (χ2v) is 6.09. The number of ketones is 1. The molecule has 0 aliphatic rings. The molecule has 0 aliphatic carbocycles. The Morgan fingerprint density at radius 3 is 2.11 bits per heavy atom. The number of methoxy groups -OCH3 is 3. The number of hydrogen-bond donors (Lipinski definition) is 1. The minimum absolute atomic E-state index is 0.0782. The first kappa shape index (κ1) is 21.1. The van der Waals surface area contributed by atoms with Crippen LogP contribution in [0.1, 0.15) is 29.8 Å². The first-order valence-electron chi connectivity index (χ1n) is 8.73. The SMILES string of the molecule is COc1ccc(CNC(=O)[C@@H](C)Oc2ccc(C(C)=O)cc2OC)cc1OC. The second kappa shape index (κ2) is 9.64. The molecular formula is C21H25NO6. The van der Waals surface area contributed by atoms with Gasteiger partial charge in [-0.05, 0) is 49.7 Å². The van der Waals surface area contributed by atoms with Gasteiger partial charge in [-0.25, -0.2) is 0 Å². The van der Waals surface area contributed by atoms with Gasteiger partial charge in [0, 0.05) is 12.1 Å². The Kier molecular flexibility index (Phi) is 7.26. The minimum Gasteiger partial charge on any atom is -0.493 e. The highest BCUT2D eigenvalue weighted by atomic mass is 16.5. The molecule has 0 unspecified atom stereocenters. The van der Waals surface area contributed by atoms with E-state index in [1.807, 2.05) is 6.07 Å². The Balaban J connectivity index is 2.01. The third-order valence-electron chi connectivity index (χ3n) is 4.16. The number of hydrogen-bond acceptors (Lipinski definition) is 6. The molecule has 0 aromatic heterocycles. The Labute approximate surface area is 164 Å². The molecule has 0 aliphatic heterocycles. The van der Waals surface area contributed by atoms with Gasteiger partial charge in [-0.1, -0.05) is 6.07 Å². The average molecular weight is 387 g/mol. The van der Waals surface area contributed by atoms with Crippen molar-refractivity contribution in [2.45, 2.75) is 26.5 Å². The summed E-state index contributed by atoms with van der Waals surface area (Å²) >= 11 is 0. The molecular weight excluding hydrogens is 362 g/mol. The molecule has 1 amide bonds. The van der Waals surface area contributed by atoms with Gasteiger partial charge in [-0.15, -0.1) is 0 Å². The van der Waals surface area contributed by atoms with E-state index >= 15 is 0 Å². The largest absolute Gasteiger partial charge is 0.493 e. The van der Waals surface area contributed by atoms with Gasteiger partial charge in [0.2, 0.25) is 0 Å². The predicted octanol–water partition coefficient (Wildman–Crippen LogP) is 3.00. The molecule has 0 radical (unpaired) electrons. The van der Waals surface area contributed by atoms with Crippen molar-refractivity contribution in [3.05, 3.63) is 47.5 Å². The molecule has 28 heavy (non-hydrogen) atoms. The van der Waals surface area contributed by atoms with E-state index in [2.05, 4.69) is 5.32 Å². The van der Waals surface area contributed by atoms with E-state index < -0.39 is 6.10 Å². The summed E-state index contributed by atoms with van der Waals surface area (Å²) in [7, 11) is 4.60. The van der Waals surface area contributed by atoms with E-state index in [9.17, 15) is 9.59 Å². The molecule has 0 heterocycles. The van der Waals surface area contributed by atoms with Gasteiger partial charge in [0.25, 0.3) is 5.91 Å². The van der Waals surface area contributed by atoms with Crippen molar-refractivity contribution in [3.8, 4) is 23.0 Å². The van der Waals surface area contributed by atoms with Crippen molar-refractivity contribution in [2.24, 2.45) is 0 Å². The quantitative estimate of drug-likeness (QED) is 0.666. The fourth-order valence-electron chi connectivity index (χ4n) is 2.55. The van der Waals surface area contributed by atoms with Crippen LogP contribution in [0.2, 0.25) is 0 Å². The lowest BCUT2D eigenvalue weighted by Crippen LogP contribution is -2.36. The van der Waals surface area contributed by atoms with Gasteiger partial charge in [0.15, 0.2) is 34.9 Å². The van der Waals surface area contributed by atoms with Crippen LogP contribution < -0.4 is 24.3 Å². The Morgan fingerprint density at radius 1 is 0.893 bits per heavy atom. The van der Waals surface area contributed by atoms with Crippen LogP contribution in [0.25, 0.3) is 0 Å². The van der Waals surface area contributed by atoms with Gasteiger partial charge in [0.05, 0.1) is 21.3 Å². The van der Waals surface area contributed by atoms with Crippen molar-refractivity contribution < 1.29 is 28.5 Å². The molecule has 2 rings (SSSR count). The lowest BCUT2D eigenvalue weighted by atomic mass is 10.1. The molecule has 1 atom stereocenters. The van der Waals surface area contributed by atoms with E-state index in [4.69, 9.17) is 18.9 Å². The number of Topliss-reactive ketones (excluding diaryl/α,β-unsaturated/α-hetero) is 1. The maximum atomic E-state index is 12.4. The third kappa shape index (κ3) is 5.16. The number of carbonyl (C=O) groups is 2. The first-order valence-corrected chi connectivity index (χ1v) is 8.73. The molecule has 0 saturated heterocycles. The molecule has 7 nitrogen and oxygen atoms in total. The molecule has 2 aromatic rings. The maximum absolute atomic E-state index is 12.4. The fourth-order valence-corrected chi connectivity index (χ4v) is 2.55. The zero-order valence-electron chi connectivity index (χ0n) is 16.7. The summed E-state index contributed by atoms with van der Waals surface area (Å²) in [6, 6.07) is 10.3. The van der Waals surface area contributed by atoms with Crippen LogP contribution in [0, 0.1) is 0 Å². The molecule has 1 N–H and O–H groups in total. The third-order valence-corrected chi connectivity index (χ3v) is 4.16. The van der Waals surface area contributed by atoms with Crippen molar-refractivity contribution in [1.82, 2.24) is 5.32 Å². The Hall–Kier alpha value is -3.22. The highest BCUT2D eigenvalue weighted by Crippen LogP contribution is 2.29. The number of benzene rings is 2. The van der Waals surface area contributed by atoms with E-state index in [1.54, 1.807) is 51.5 Å². The predicted molar refractivity (Wildman–Crippen MR) is 104 cm³/mol. The zero-order chi connectivity index (χ0) is 20.7. The van der Waals surface area contributed by atoms with Crippen LogP contribution in [0.3, 0.4) is 0 Å². The Morgan fingerprint density at radius 2 is 1.50 bits per heavy atom. The van der Waals surface area contributed by atoms with Crippen molar-refractivity contribution in [3.63, 3.8) is 0 Å². The van der Waals surface area contributed by atoms with Crippen LogP contribution in [0.4, 0.5) is 0 Å². The summed E-state index contributed by atoms with van der Waals surface area (Å²) in [5.41, 5.74) is 1.37. The molecule has 150 valence electrons. The molecule has 0 fully saturated rings. The van der Waals surface area contributed by atoms with Crippen LogP contribution in [-0.4, -0.2) is 39.1 Å². The van der Waals surface area contributed by atoms with Crippen LogP contribution in [0.15, 0.2) is 36.4 Å². The minimum atomic E-state index is -0.753. The van der Waals surface area contributed by atoms with Gasteiger partial charge in [-0.2, -0.15) is 0 Å². The molecule has 7 heteroatoms. The van der Waals surface area contributed by atoms with Crippen molar-refractivity contribution >= 4 is 11.7 Å². The summed E-state index contributed by atoms with van der Waals surface area (Å²) in [5, 5.41) is 2.82. The lowest BCUT2D eigenvalue weighted by Gasteiger charge is -2.17. The molecule has 0 saturated carbocycles. The summed E-state index contributed by atoms with van der Waals surface area (Å²) in [6.07, 6.45) is -0.753. The normalized spacial score (nSPS) is 11.3. The number of ether oxygens (including phenoxy) is 4. The van der Waals surface area contributed by atoms with E-state index in [0.29, 0.717) is 35.1 Å². The van der Waals surface area contributed by atoms with Gasteiger partial charge >= 0.3 is 0 Å². The summed E-state index contributed by atoms with van der Waals surface area (Å²) in [4.78, 5) is 23.9. The average Bonchev–Trinajstić information content (AvgIpc) is 2.71. The van der Waals surface area contributed by atoms with Gasteiger partial charge in [-0.3, -0.25) is 9.59 Å². The highest BCUT2D eigenvalue weighted by molar-refractivity contribution is 5.94. The lowest BCUT2D eigenvalue weighted by molar-refractivity contribution is -0.127. The van der Waals surface area contributed by atoms with E-state index in [-0.39, 0.29) is 11.7 Å². The smallest absolute Gasteiger partial charge is 0.261 e. The fraction of sp³-hybridized carbons (Fsp3) is 0.333. The Bertz CT molecular complexity index is 849. The number of amides is 1. The topological polar surface area (TPSA) is 83.1 Å². The highest BCUT2D eigenvalue weighted by Gasteiger charge is 2.18. The zero-order valence-corrected chi connectivity index (χ0v) is 16.7. The van der Waals surface area contributed by atoms with E-state index in [0.717, 1.165) is 5.56 Å². The summed E-state index contributed by atoms with van der Waals surface area (Å²) < 4.78 is 21.4. The molecule has 0 bridgehead atoms. The number of carbonyl (C=O) groups excluding carboxylic acids is 2. The second-order valence-electron chi connectivity index (χ2n) is 6.09. The van der Waals surface area contributed by atoms with Crippen LogP contribution in [0.5, 0.6) is 23.0 Å². The van der Waals surface area contributed by atoms with Gasteiger partial charge < -0.3 is 24.3 Å². The van der Waals surface area contributed by atoms with Gasteiger partial charge in [0.1, 0.15) is 0 Å². The van der Waals surface area contributed by atoms with E-state index in [1.165, 1.54) is 14.0 Å².